The highest BCUT2D eigenvalue weighted by Crippen LogP contribution is 2.34. The van der Waals surface area contributed by atoms with E-state index in [2.05, 4.69) is 0 Å². The van der Waals surface area contributed by atoms with Crippen molar-refractivity contribution in [3.05, 3.63) is 59.2 Å². The van der Waals surface area contributed by atoms with Gasteiger partial charge in [-0.05, 0) is 61.6 Å². The van der Waals surface area contributed by atoms with Gasteiger partial charge in [0.2, 0.25) is 15.9 Å². The molecule has 1 aliphatic carbocycles. The number of sulfonamides is 1. The Labute approximate surface area is 176 Å². The third kappa shape index (κ3) is 4.48. The van der Waals surface area contributed by atoms with E-state index in [4.69, 9.17) is 9.47 Å². The van der Waals surface area contributed by atoms with Crippen LogP contribution in [0.25, 0.3) is 0 Å². The minimum atomic E-state index is -3.91. The van der Waals surface area contributed by atoms with Crippen molar-refractivity contribution in [3.8, 4) is 5.75 Å². The lowest BCUT2D eigenvalue weighted by Crippen LogP contribution is -2.42. The van der Waals surface area contributed by atoms with Gasteiger partial charge in [0.05, 0.1) is 31.2 Å². The number of fused-ring (bicyclic) bond motifs is 1. The first-order valence-corrected chi connectivity index (χ1v) is 11.6. The van der Waals surface area contributed by atoms with Gasteiger partial charge in [-0.25, -0.2) is 17.5 Å². The normalized spacial score (nSPS) is 15.8. The van der Waals surface area contributed by atoms with Crippen LogP contribution in [-0.4, -0.2) is 40.3 Å². The highest BCUT2D eigenvalue weighted by Gasteiger charge is 2.35. The highest BCUT2D eigenvalue weighted by molar-refractivity contribution is 7.92. The van der Waals surface area contributed by atoms with Gasteiger partial charge in [0.25, 0.3) is 0 Å². The lowest BCUT2D eigenvalue weighted by atomic mass is 9.83. The number of carbonyl (C=O) groups is 2. The van der Waals surface area contributed by atoms with Crippen LogP contribution >= 0.6 is 0 Å². The largest absolute Gasteiger partial charge is 0.496 e. The number of rotatable bonds is 6. The molecule has 0 saturated heterocycles. The summed E-state index contributed by atoms with van der Waals surface area (Å²) in [7, 11) is -2.34. The smallest absolute Gasteiger partial charge is 0.338 e. The second kappa shape index (κ2) is 8.87. The zero-order valence-electron chi connectivity index (χ0n) is 17.3. The second-order valence-electron chi connectivity index (χ2n) is 7.17. The van der Waals surface area contributed by atoms with Crippen molar-refractivity contribution in [1.82, 2.24) is 0 Å². The number of anilines is 1. The molecule has 0 aliphatic heterocycles. The Bertz CT molecular complexity index is 1050. The lowest BCUT2D eigenvalue weighted by Gasteiger charge is -2.29. The van der Waals surface area contributed by atoms with Crippen molar-refractivity contribution >= 4 is 27.6 Å². The molecule has 3 rings (SSSR count). The van der Waals surface area contributed by atoms with Crippen LogP contribution < -0.4 is 9.04 Å². The molecule has 0 N–H and O–H groups in total. The molecule has 2 aromatic rings. The van der Waals surface area contributed by atoms with Crippen molar-refractivity contribution in [1.29, 1.82) is 0 Å². The van der Waals surface area contributed by atoms with Crippen LogP contribution in [0.5, 0.6) is 5.75 Å². The van der Waals surface area contributed by atoms with Crippen molar-refractivity contribution in [2.45, 2.75) is 26.2 Å². The van der Waals surface area contributed by atoms with E-state index in [0.717, 1.165) is 21.7 Å². The van der Waals surface area contributed by atoms with Gasteiger partial charge in [-0.2, -0.15) is 0 Å². The first-order valence-electron chi connectivity index (χ1n) is 9.72. The van der Waals surface area contributed by atoms with E-state index in [1.54, 1.807) is 14.0 Å². The summed E-state index contributed by atoms with van der Waals surface area (Å²) in [4.78, 5) is 25.4. The Morgan fingerprint density at radius 1 is 1.17 bits per heavy atom. The summed E-state index contributed by atoms with van der Waals surface area (Å²) >= 11 is 0. The average molecular weight is 432 g/mol. The number of hydrogen-bond acceptors (Lipinski definition) is 6. The molecule has 7 nitrogen and oxygen atoms in total. The molecule has 30 heavy (non-hydrogen) atoms. The number of ether oxygens (including phenoxy) is 2. The predicted molar refractivity (Wildman–Crippen MR) is 113 cm³/mol. The van der Waals surface area contributed by atoms with Gasteiger partial charge in [-0.1, -0.05) is 18.2 Å². The average Bonchev–Trinajstić information content (AvgIpc) is 2.72. The SMILES string of the molecule is CCOC(=O)c1cccc(N(C(=O)C2CCc3cccc(OC)c3C2)S(C)(=O)=O)c1. The molecule has 0 radical (unpaired) electrons. The Balaban J connectivity index is 1.95. The fraction of sp³-hybridized carbons (Fsp3) is 0.364. The third-order valence-corrected chi connectivity index (χ3v) is 6.19. The predicted octanol–water partition coefficient (Wildman–Crippen LogP) is 2.97. The van der Waals surface area contributed by atoms with E-state index in [9.17, 15) is 18.0 Å². The van der Waals surface area contributed by atoms with Crippen LogP contribution in [0.2, 0.25) is 0 Å². The number of aryl methyl sites for hydroxylation is 1. The number of methoxy groups -OCH3 is 1. The standard InChI is InChI=1S/C22H25NO6S/c1-4-29-22(25)17-8-5-9-18(13-17)23(30(3,26)27)21(24)16-12-11-15-7-6-10-20(28-2)19(15)14-16/h5-10,13,16H,4,11-12,14H2,1-3H3. The van der Waals surface area contributed by atoms with E-state index >= 15 is 0 Å². The molecule has 160 valence electrons. The molecule has 1 amide bonds. The topological polar surface area (TPSA) is 90.0 Å². The molecule has 0 bridgehead atoms. The van der Waals surface area contributed by atoms with Crippen molar-refractivity contribution in [2.24, 2.45) is 5.92 Å². The van der Waals surface area contributed by atoms with Crippen molar-refractivity contribution in [2.75, 3.05) is 24.3 Å². The maximum atomic E-state index is 13.4. The summed E-state index contributed by atoms with van der Waals surface area (Å²) < 4.78 is 36.3. The molecule has 2 aromatic carbocycles. The minimum Gasteiger partial charge on any atom is -0.496 e. The van der Waals surface area contributed by atoms with E-state index < -0.39 is 27.8 Å². The van der Waals surface area contributed by atoms with Crippen LogP contribution in [0.1, 0.15) is 34.8 Å². The van der Waals surface area contributed by atoms with Gasteiger partial charge in [-0.15, -0.1) is 0 Å². The zero-order valence-corrected chi connectivity index (χ0v) is 18.1. The summed E-state index contributed by atoms with van der Waals surface area (Å²) in [6.45, 7) is 1.88. The van der Waals surface area contributed by atoms with Gasteiger partial charge in [0.15, 0.2) is 0 Å². The maximum absolute atomic E-state index is 13.4. The Hall–Kier alpha value is -2.87. The maximum Gasteiger partial charge on any atom is 0.338 e. The van der Waals surface area contributed by atoms with Gasteiger partial charge in [0.1, 0.15) is 5.75 Å². The van der Waals surface area contributed by atoms with E-state index in [1.807, 2.05) is 18.2 Å². The molecular formula is C22H25NO6S. The number of carbonyl (C=O) groups excluding carboxylic acids is 2. The Morgan fingerprint density at radius 3 is 2.57 bits per heavy atom. The molecule has 1 aliphatic rings. The highest BCUT2D eigenvalue weighted by atomic mass is 32.2. The number of hydrogen-bond donors (Lipinski definition) is 0. The summed E-state index contributed by atoms with van der Waals surface area (Å²) in [6.07, 6.45) is 2.56. The fourth-order valence-electron chi connectivity index (χ4n) is 3.78. The van der Waals surface area contributed by atoms with Crippen molar-refractivity contribution in [3.63, 3.8) is 0 Å². The monoisotopic (exact) mass is 431 g/mol. The Morgan fingerprint density at radius 2 is 1.90 bits per heavy atom. The summed E-state index contributed by atoms with van der Waals surface area (Å²) in [5.41, 5.74) is 2.34. The van der Waals surface area contributed by atoms with Gasteiger partial charge < -0.3 is 9.47 Å². The third-order valence-electron chi connectivity index (χ3n) is 5.14. The second-order valence-corrected chi connectivity index (χ2v) is 9.01. The van der Waals surface area contributed by atoms with E-state index in [1.165, 1.54) is 24.3 Å². The number of amides is 1. The van der Waals surface area contributed by atoms with Crippen molar-refractivity contribution < 1.29 is 27.5 Å². The zero-order chi connectivity index (χ0) is 21.9. The van der Waals surface area contributed by atoms with E-state index in [0.29, 0.717) is 25.0 Å². The van der Waals surface area contributed by atoms with Gasteiger partial charge in [0, 0.05) is 5.92 Å². The molecule has 8 heteroatoms. The molecule has 0 fully saturated rings. The summed E-state index contributed by atoms with van der Waals surface area (Å²) in [5.74, 6) is -0.915. The molecule has 1 atom stereocenters. The number of esters is 1. The molecular weight excluding hydrogens is 406 g/mol. The molecule has 0 spiro atoms. The van der Waals surface area contributed by atoms with E-state index in [-0.39, 0.29) is 17.9 Å². The Kier molecular flexibility index (Phi) is 6.45. The summed E-state index contributed by atoms with van der Waals surface area (Å²) in [6, 6.07) is 11.7. The van der Waals surface area contributed by atoms with Crippen LogP contribution in [0, 0.1) is 5.92 Å². The minimum absolute atomic E-state index is 0.124. The first kappa shape index (κ1) is 21.8. The van der Waals surface area contributed by atoms with Crippen LogP contribution in [0.4, 0.5) is 5.69 Å². The summed E-state index contributed by atoms with van der Waals surface area (Å²) in [5, 5.41) is 0. The molecule has 0 aromatic heterocycles. The number of nitrogens with zero attached hydrogens (tertiary/aromatic N) is 1. The molecule has 1 unspecified atom stereocenters. The quantitative estimate of drug-likeness (QED) is 0.653. The van der Waals surface area contributed by atoms with Crippen LogP contribution in [0.3, 0.4) is 0 Å². The van der Waals surface area contributed by atoms with Crippen LogP contribution in [0.15, 0.2) is 42.5 Å². The fourth-order valence-corrected chi connectivity index (χ4v) is 4.75. The lowest BCUT2D eigenvalue weighted by molar-refractivity contribution is -0.121. The first-order chi connectivity index (χ1) is 14.3. The van der Waals surface area contributed by atoms with Crippen LogP contribution in [-0.2, 0) is 32.4 Å². The molecule has 0 heterocycles. The van der Waals surface area contributed by atoms with Gasteiger partial charge >= 0.3 is 5.97 Å². The molecule has 0 saturated carbocycles. The number of benzene rings is 2. The van der Waals surface area contributed by atoms with Gasteiger partial charge in [-0.3, -0.25) is 4.79 Å².